The van der Waals surface area contributed by atoms with Crippen LogP contribution in [0.15, 0.2) is 48.5 Å². The van der Waals surface area contributed by atoms with E-state index in [0.717, 1.165) is 23.2 Å². The molecule has 164 valence electrons. The van der Waals surface area contributed by atoms with Crippen molar-refractivity contribution in [2.24, 2.45) is 17.8 Å². The van der Waals surface area contributed by atoms with Crippen LogP contribution in [0.4, 0.5) is 5.69 Å². The van der Waals surface area contributed by atoms with Crippen molar-refractivity contribution in [2.45, 2.75) is 56.7 Å². The number of nitrogens with one attached hydrogen (secondary N) is 2. The molecule has 2 N–H and O–H groups in total. The van der Waals surface area contributed by atoms with Crippen molar-refractivity contribution in [3.05, 3.63) is 65.2 Å². The Bertz CT molecular complexity index is 951. The number of anilines is 1. The maximum atomic E-state index is 12.9. The first-order chi connectivity index (χ1) is 14.9. The van der Waals surface area contributed by atoms with Crippen LogP contribution in [-0.4, -0.2) is 23.0 Å². The van der Waals surface area contributed by atoms with Gasteiger partial charge >= 0.3 is 0 Å². The molecule has 1 amide bonds. The Labute approximate surface area is 190 Å². The van der Waals surface area contributed by atoms with Crippen molar-refractivity contribution < 1.29 is 4.79 Å². The monoisotopic (exact) mass is 434 g/mol. The van der Waals surface area contributed by atoms with Gasteiger partial charge in [0.15, 0.2) is 0 Å². The molecule has 5 rings (SSSR count). The maximum absolute atomic E-state index is 12.9. The van der Waals surface area contributed by atoms with Crippen LogP contribution in [0, 0.1) is 17.8 Å². The third-order valence-electron chi connectivity index (χ3n) is 7.43. The molecule has 1 heterocycles. The van der Waals surface area contributed by atoms with Crippen LogP contribution in [0.2, 0.25) is 0 Å². The maximum Gasteiger partial charge on any atom is 0.251 e. The van der Waals surface area contributed by atoms with E-state index in [0.29, 0.717) is 24.4 Å². The fourth-order valence-corrected chi connectivity index (χ4v) is 7.06. The number of fused-ring (bicyclic) bond motifs is 7. The Kier molecular flexibility index (Phi) is 5.54. The van der Waals surface area contributed by atoms with Gasteiger partial charge in [-0.2, -0.15) is 11.8 Å². The van der Waals surface area contributed by atoms with Gasteiger partial charge in [0.2, 0.25) is 0 Å². The highest BCUT2D eigenvalue weighted by atomic mass is 32.2. The molecule has 3 nitrogen and oxygen atoms in total. The van der Waals surface area contributed by atoms with Crippen LogP contribution in [0.5, 0.6) is 0 Å². The summed E-state index contributed by atoms with van der Waals surface area (Å²) in [6, 6.07) is 17.6. The summed E-state index contributed by atoms with van der Waals surface area (Å²) in [5.74, 6) is 3.77. The van der Waals surface area contributed by atoms with E-state index in [1.54, 1.807) is 0 Å². The fraction of sp³-hybridized carbons (Fsp3) is 0.519. The molecule has 2 aromatic rings. The molecule has 2 bridgehead atoms. The van der Waals surface area contributed by atoms with Crippen LogP contribution in [0.25, 0.3) is 0 Å². The smallest absolute Gasteiger partial charge is 0.251 e. The molecule has 0 unspecified atom stereocenters. The van der Waals surface area contributed by atoms with Gasteiger partial charge in [0.25, 0.3) is 5.91 Å². The highest BCUT2D eigenvalue weighted by Gasteiger charge is 2.53. The molecule has 0 radical (unpaired) electrons. The zero-order valence-electron chi connectivity index (χ0n) is 18.9. The molecular weight excluding hydrogens is 400 g/mol. The number of hydrogen-bond acceptors (Lipinski definition) is 3. The average Bonchev–Trinajstić information content (AvgIpc) is 3.38. The van der Waals surface area contributed by atoms with Gasteiger partial charge < -0.3 is 10.6 Å². The predicted molar refractivity (Wildman–Crippen MR) is 131 cm³/mol. The van der Waals surface area contributed by atoms with Crippen molar-refractivity contribution in [2.75, 3.05) is 17.6 Å². The van der Waals surface area contributed by atoms with Crippen LogP contribution >= 0.6 is 11.8 Å². The second kappa shape index (κ2) is 8.20. The molecule has 2 aromatic carbocycles. The summed E-state index contributed by atoms with van der Waals surface area (Å²) in [4.78, 5) is 12.9. The van der Waals surface area contributed by atoms with Crippen molar-refractivity contribution >= 4 is 23.4 Å². The molecule has 2 saturated carbocycles. The first kappa shape index (κ1) is 20.9. The molecule has 1 aliphatic heterocycles. The topological polar surface area (TPSA) is 41.1 Å². The molecule has 2 fully saturated rings. The number of hydrogen-bond donors (Lipinski definition) is 2. The predicted octanol–water partition coefficient (Wildman–Crippen LogP) is 6.24. The summed E-state index contributed by atoms with van der Waals surface area (Å²) in [6.07, 6.45) is 4.05. The van der Waals surface area contributed by atoms with E-state index in [1.807, 2.05) is 17.8 Å². The first-order valence-corrected chi connectivity index (χ1v) is 12.8. The van der Waals surface area contributed by atoms with Gasteiger partial charge in [-0.1, -0.05) is 51.1 Å². The van der Waals surface area contributed by atoms with Crippen LogP contribution in [0.3, 0.4) is 0 Å². The summed E-state index contributed by atoms with van der Waals surface area (Å²) in [5.41, 5.74) is 4.80. The summed E-state index contributed by atoms with van der Waals surface area (Å²) in [5, 5.41) is 7.00. The Hall–Kier alpha value is -1.94. The number of carbonyl (C=O) groups is 1. The standard InChI is InChI=1S/C27H34N2OS/c1-27(2,3)31-14-13-28-26(30)20-11-12-22-21(16-20)23-18-9-10-19(15-18)24(23)25(29-22)17-7-5-4-6-8-17/h4-8,11-12,16,18-19,23-25,29H,9-10,13-15H2,1-3H3,(H,28,30)/t18-,19-,23-,24+,25+/m0/s1. The lowest BCUT2D eigenvalue weighted by molar-refractivity contribution is 0.0956. The number of amides is 1. The third-order valence-corrected chi connectivity index (χ3v) is 8.71. The highest BCUT2D eigenvalue weighted by molar-refractivity contribution is 8.00. The third kappa shape index (κ3) is 4.11. The van der Waals surface area contributed by atoms with E-state index >= 15 is 0 Å². The van der Waals surface area contributed by atoms with Gasteiger partial charge in [-0.05, 0) is 72.3 Å². The zero-order chi connectivity index (χ0) is 21.6. The molecular formula is C27H34N2OS. The van der Waals surface area contributed by atoms with E-state index in [4.69, 9.17) is 0 Å². The fourth-order valence-electron chi connectivity index (χ4n) is 6.24. The van der Waals surface area contributed by atoms with Gasteiger partial charge in [0.05, 0.1) is 6.04 Å². The van der Waals surface area contributed by atoms with Gasteiger partial charge in [0, 0.05) is 28.3 Å². The Morgan fingerprint density at radius 3 is 2.65 bits per heavy atom. The minimum Gasteiger partial charge on any atom is -0.378 e. The van der Waals surface area contributed by atoms with Crippen LogP contribution < -0.4 is 10.6 Å². The van der Waals surface area contributed by atoms with E-state index in [-0.39, 0.29) is 10.7 Å². The van der Waals surface area contributed by atoms with E-state index < -0.39 is 0 Å². The van der Waals surface area contributed by atoms with Gasteiger partial charge in [-0.15, -0.1) is 0 Å². The molecule has 0 spiro atoms. The molecule has 4 heteroatoms. The summed E-state index contributed by atoms with van der Waals surface area (Å²) >= 11 is 1.89. The molecule has 31 heavy (non-hydrogen) atoms. The molecule has 2 aliphatic carbocycles. The second-order valence-corrected chi connectivity index (χ2v) is 12.4. The summed E-state index contributed by atoms with van der Waals surface area (Å²) in [7, 11) is 0. The quantitative estimate of drug-likeness (QED) is 0.547. The normalized spacial score (nSPS) is 28.5. The van der Waals surface area contributed by atoms with Gasteiger partial charge in [-0.3, -0.25) is 4.79 Å². The molecule has 5 atom stereocenters. The van der Waals surface area contributed by atoms with Crippen molar-refractivity contribution in [1.29, 1.82) is 0 Å². The zero-order valence-corrected chi connectivity index (χ0v) is 19.7. The average molecular weight is 435 g/mol. The second-order valence-electron chi connectivity index (χ2n) is 10.5. The van der Waals surface area contributed by atoms with Gasteiger partial charge in [-0.25, -0.2) is 0 Å². The van der Waals surface area contributed by atoms with Crippen LogP contribution in [-0.2, 0) is 0 Å². The number of thioether (sulfide) groups is 1. The van der Waals surface area contributed by atoms with E-state index in [1.165, 1.54) is 36.1 Å². The lowest BCUT2D eigenvalue weighted by Gasteiger charge is -2.43. The minimum absolute atomic E-state index is 0.0576. The van der Waals surface area contributed by atoms with E-state index in [2.05, 4.69) is 73.9 Å². The van der Waals surface area contributed by atoms with Crippen LogP contribution in [0.1, 0.15) is 73.5 Å². The Morgan fingerprint density at radius 2 is 1.87 bits per heavy atom. The number of rotatable bonds is 5. The molecule has 3 aliphatic rings. The summed E-state index contributed by atoms with van der Waals surface area (Å²) < 4.78 is 0.230. The van der Waals surface area contributed by atoms with Crippen molar-refractivity contribution in [1.82, 2.24) is 5.32 Å². The minimum atomic E-state index is 0.0576. The van der Waals surface area contributed by atoms with Gasteiger partial charge in [0.1, 0.15) is 0 Å². The summed E-state index contributed by atoms with van der Waals surface area (Å²) in [6.45, 7) is 7.35. The van der Waals surface area contributed by atoms with Crippen molar-refractivity contribution in [3.8, 4) is 0 Å². The largest absolute Gasteiger partial charge is 0.378 e. The molecule has 0 aromatic heterocycles. The highest BCUT2D eigenvalue weighted by Crippen LogP contribution is 2.63. The van der Waals surface area contributed by atoms with Crippen molar-refractivity contribution in [3.63, 3.8) is 0 Å². The Morgan fingerprint density at radius 1 is 1.10 bits per heavy atom. The first-order valence-electron chi connectivity index (χ1n) is 11.8. The number of benzene rings is 2. The SMILES string of the molecule is CC(C)(C)SCCNC(=O)c1ccc2c(c1)[C@@H]1[C@H]3CC[C@@H](C3)[C@H]1[C@@H](c1ccccc1)N2. The lowest BCUT2D eigenvalue weighted by atomic mass is 9.68. The Balaban J connectivity index is 1.38. The molecule has 0 saturated heterocycles. The van der Waals surface area contributed by atoms with E-state index in [9.17, 15) is 4.79 Å². The lowest BCUT2D eigenvalue weighted by Crippen LogP contribution is -2.36. The number of carbonyl (C=O) groups excluding carboxylic acids is 1.